The first-order valence-corrected chi connectivity index (χ1v) is 6.18. The molecule has 106 valence electrons. The number of terminal acetylenes is 1. The molecule has 20 heavy (non-hydrogen) atoms. The summed E-state index contributed by atoms with van der Waals surface area (Å²) in [5, 5.41) is 11.2. The Balaban J connectivity index is 2.36. The maximum Gasteiger partial charge on any atom is 0.327 e. The van der Waals surface area contributed by atoms with Crippen molar-refractivity contribution in [3.05, 3.63) is 29.8 Å². The molecule has 0 aliphatic heterocycles. The Labute approximate surface area is 117 Å². The monoisotopic (exact) mass is 275 g/mol. The molecule has 2 N–H and O–H groups in total. The molecule has 0 saturated carbocycles. The van der Waals surface area contributed by atoms with E-state index in [1.165, 1.54) is 0 Å². The van der Waals surface area contributed by atoms with Crippen LogP contribution in [0.3, 0.4) is 0 Å². The van der Waals surface area contributed by atoms with Crippen molar-refractivity contribution >= 4 is 11.9 Å². The number of rotatable bonds is 7. The molecule has 0 radical (unpaired) electrons. The fourth-order valence-electron chi connectivity index (χ4n) is 1.55. The van der Waals surface area contributed by atoms with Crippen molar-refractivity contribution in [2.24, 2.45) is 0 Å². The first-order valence-electron chi connectivity index (χ1n) is 6.18. The van der Waals surface area contributed by atoms with Gasteiger partial charge in [0, 0.05) is 6.42 Å². The quantitative estimate of drug-likeness (QED) is 0.737. The first kappa shape index (κ1) is 15.6. The van der Waals surface area contributed by atoms with E-state index in [9.17, 15) is 9.59 Å². The maximum atomic E-state index is 11.6. The molecule has 0 saturated heterocycles. The van der Waals surface area contributed by atoms with Crippen molar-refractivity contribution in [2.75, 3.05) is 6.61 Å². The second-order valence-electron chi connectivity index (χ2n) is 4.28. The Kier molecular flexibility index (Phi) is 6.11. The van der Waals surface area contributed by atoms with E-state index < -0.39 is 17.9 Å². The Morgan fingerprint density at radius 2 is 2.25 bits per heavy atom. The van der Waals surface area contributed by atoms with E-state index in [0.29, 0.717) is 5.75 Å². The van der Waals surface area contributed by atoms with Gasteiger partial charge in [0.25, 0.3) is 0 Å². The fraction of sp³-hybridized carbons (Fsp3) is 0.333. The van der Waals surface area contributed by atoms with Gasteiger partial charge in [-0.15, -0.1) is 12.3 Å². The van der Waals surface area contributed by atoms with E-state index in [-0.39, 0.29) is 19.4 Å². The minimum Gasteiger partial charge on any atom is -0.493 e. The molecule has 0 aliphatic carbocycles. The number of carbonyl (C=O) groups excluding carboxylic acids is 1. The van der Waals surface area contributed by atoms with Crippen LogP contribution in [0.5, 0.6) is 5.75 Å². The Morgan fingerprint density at radius 1 is 1.50 bits per heavy atom. The number of carboxylic acid groups (broad SMARTS) is 1. The standard InChI is InChI=1S/C15H17NO4/c1-3-5-13(15(18)19)16-14(17)8-9-20-12-7-4-6-11(2)10-12/h1,4,6-7,10,13H,5,8-9H2,2H3,(H,16,17)(H,18,19). The van der Waals surface area contributed by atoms with E-state index in [2.05, 4.69) is 11.2 Å². The highest BCUT2D eigenvalue weighted by Crippen LogP contribution is 2.12. The first-order chi connectivity index (χ1) is 9.52. The fourth-order valence-corrected chi connectivity index (χ4v) is 1.55. The molecule has 1 aromatic rings. The molecule has 5 heteroatoms. The molecular formula is C15H17NO4. The van der Waals surface area contributed by atoms with E-state index in [1.807, 2.05) is 25.1 Å². The minimum absolute atomic E-state index is 0.0419. The van der Waals surface area contributed by atoms with Gasteiger partial charge in [0.2, 0.25) is 5.91 Å². The number of aliphatic carboxylic acids is 1. The zero-order valence-corrected chi connectivity index (χ0v) is 11.3. The summed E-state index contributed by atoms with van der Waals surface area (Å²) in [7, 11) is 0. The van der Waals surface area contributed by atoms with Crippen LogP contribution in [-0.2, 0) is 9.59 Å². The number of hydrogen-bond acceptors (Lipinski definition) is 3. The predicted molar refractivity (Wildman–Crippen MR) is 74.3 cm³/mol. The van der Waals surface area contributed by atoms with Crippen LogP contribution in [0.2, 0.25) is 0 Å². The van der Waals surface area contributed by atoms with Gasteiger partial charge in [-0.25, -0.2) is 4.79 Å². The highest BCUT2D eigenvalue weighted by Gasteiger charge is 2.18. The lowest BCUT2D eigenvalue weighted by Gasteiger charge is -2.12. The number of amides is 1. The van der Waals surface area contributed by atoms with Gasteiger partial charge in [-0.05, 0) is 24.6 Å². The van der Waals surface area contributed by atoms with E-state index in [4.69, 9.17) is 16.3 Å². The van der Waals surface area contributed by atoms with Crippen LogP contribution in [-0.4, -0.2) is 29.6 Å². The zero-order chi connectivity index (χ0) is 15.0. The summed E-state index contributed by atoms with van der Waals surface area (Å²) < 4.78 is 5.41. The Morgan fingerprint density at radius 3 is 2.85 bits per heavy atom. The zero-order valence-electron chi connectivity index (χ0n) is 11.3. The summed E-state index contributed by atoms with van der Waals surface area (Å²) >= 11 is 0. The SMILES string of the molecule is C#CCC(NC(=O)CCOc1cccc(C)c1)C(=O)O. The normalized spacial score (nSPS) is 11.2. The number of ether oxygens (including phenoxy) is 1. The molecule has 0 heterocycles. The third-order valence-electron chi connectivity index (χ3n) is 2.54. The summed E-state index contributed by atoms with van der Waals surface area (Å²) in [6.45, 7) is 2.12. The average Bonchev–Trinajstić information content (AvgIpc) is 2.38. The summed E-state index contributed by atoms with van der Waals surface area (Å²) in [6.07, 6.45) is 5.07. The van der Waals surface area contributed by atoms with Crippen molar-refractivity contribution < 1.29 is 19.4 Å². The van der Waals surface area contributed by atoms with E-state index in [0.717, 1.165) is 5.56 Å². The van der Waals surface area contributed by atoms with Crippen LogP contribution in [0.1, 0.15) is 18.4 Å². The second kappa shape index (κ2) is 7.85. The number of benzene rings is 1. The number of aryl methyl sites for hydroxylation is 1. The summed E-state index contributed by atoms with van der Waals surface area (Å²) in [4.78, 5) is 22.4. The second-order valence-corrected chi connectivity index (χ2v) is 4.28. The number of carbonyl (C=O) groups is 2. The van der Waals surface area contributed by atoms with Gasteiger partial charge in [-0.3, -0.25) is 4.79 Å². The van der Waals surface area contributed by atoms with Crippen molar-refractivity contribution in [1.29, 1.82) is 0 Å². The molecular weight excluding hydrogens is 258 g/mol. The van der Waals surface area contributed by atoms with Crippen molar-refractivity contribution in [1.82, 2.24) is 5.32 Å². The number of carboxylic acids is 1. The largest absolute Gasteiger partial charge is 0.493 e. The lowest BCUT2D eigenvalue weighted by Crippen LogP contribution is -2.40. The predicted octanol–water partition coefficient (Wildman–Crippen LogP) is 1.36. The molecule has 0 aliphatic rings. The van der Waals surface area contributed by atoms with Crippen LogP contribution in [0.15, 0.2) is 24.3 Å². The van der Waals surface area contributed by atoms with Gasteiger partial charge < -0.3 is 15.2 Å². The smallest absolute Gasteiger partial charge is 0.327 e. The molecule has 0 bridgehead atoms. The molecule has 1 atom stereocenters. The van der Waals surface area contributed by atoms with Gasteiger partial charge in [0.1, 0.15) is 11.8 Å². The lowest BCUT2D eigenvalue weighted by molar-refractivity contribution is -0.141. The van der Waals surface area contributed by atoms with Crippen molar-refractivity contribution in [3.8, 4) is 18.1 Å². The van der Waals surface area contributed by atoms with Crippen LogP contribution in [0.4, 0.5) is 0 Å². The lowest BCUT2D eigenvalue weighted by atomic mass is 10.2. The number of hydrogen-bond donors (Lipinski definition) is 2. The van der Waals surface area contributed by atoms with Crippen LogP contribution in [0, 0.1) is 19.3 Å². The maximum absolute atomic E-state index is 11.6. The molecule has 1 aromatic carbocycles. The Hall–Kier alpha value is -2.48. The van der Waals surface area contributed by atoms with Gasteiger partial charge in [0.15, 0.2) is 0 Å². The van der Waals surface area contributed by atoms with Crippen LogP contribution < -0.4 is 10.1 Å². The average molecular weight is 275 g/mol. The molecule has 0 spiro atoms. The highest BCUT2D eigenvalue weighted by atomic mass is 16.5. The molecule has 1 amide bonds. The van der Waals surface area contributed by atoms with Gasteiger partial charge >= 0.3 is 5.97 Å². The van der Waals surface area contributed by atoms with Crippen LogP contribution in [0.25, 0.3) is 0 Å². The molecule has 0 fully saturated rings. The summed E-state index contributed by atoms with van der Waals surface area (Å²) in [6, 6.07) is 6.40. The minimum atomic E-state index is -1.14. The third-order valence-corrected chi connectivity index (χ3v) is 2.54. The molecule has 1 rings (SSSR count). The highest BCUT2D eigenvalue weighted by molar-refractivity contribution is 5.83. The molecule has 0 aromatic heterocycles. The summed E-state index contributed by atoms with van der Waals surface area (Å²) in [5.74, 6) is 1.35. The van der Waals surface area contributed by atoms with Gasteiger partial charge in [-0.2, -0.15) is 0 Å². The molecule has 5 nitrogen and oxygen atoms in total. The van der Waals surface area contributed by atoms with Crippen molar-refractivity contribution in [3.63, 3.8) is 0 Å². The van der Waals surface area contributed by atoms with E-state index in [1.54, 1.807) is 6.07 Å². The number of nitrogens with one attached hydrogen (secondary N) is 1. The van der Waals surface area contributed by atoms with E-state index >= 15 is 0 Å². The van der Waals surface area contributed by atoms with Crippen molar-refractivity contribution in [2.45, 2.75) is 25.8 Å². The van der Waals surface area contributed by atoms with Gasteiger partial charge in [0.05, 0.1) is 13.0 Å². The molecule has 1 unspecified atom stereocenters. The van der Waals surface area contributed by atoms with Crippen LogP contribution >= 0.6 is 0 Å². The summed E-state index contributed by atoms with van der Waals surface area (Å²) in [5.41, 5.74) is 1.06. The topological polar surface area (TPSA) is 75.6 Å². The Bertz CT molecular complexity index is 519. The van der Waals surface area contributed by atoms with Gasteiger partial charge in [-0.1, -0.05) is 12.1 Å². The third kappa shape index (κ3) is 5.44.